The van der Waals surface area contributed by atoms with Gasteiger partial charge in [-0.1, -0.05) is 39.0 Å². The first-order valence-corrected chi connectivity index (χ1v) is 8.06. The van der Waals surface area contributed by atoms with Crippen LogP contribution < -0.4 is 5.32 Å². The predicted octanol–water partition coefficient (Wildman–Crippen LogP) is 3.73. The number of ether oxygens (including phenoxy) is 2. The van der Waals surface area contributed by atoms with E-state index in [1.807, 2.05) is 0 Å². The second-order valence-electron chi connectivity index (χ2n) is 7.46. The Hall–Kier alpha value is -1.06. The SMILES string of the molecule is CC(C)(C)c1ccccc1NC1CCOC2(CCOC2)C1. The monoisotopic (exact) mass is 289 g/mol. The van der Waals surface area contributed by atoms with Crippen LogP contribution in [0.15, 0.2) is 24.3 Å². The van der Waals surface area contributed by atoms with Crippen LogP contribution in [0.1, 0.15) is 45.6 Å². The van der Waals surface area contributed by atoms with Crippen molar-refractivity contribution in [1.29, 1.82) is 0 Å². The maximum absolute atomic E-state index is 6.03. The Labute approximate surface area is 128 Å². The molecule has 1 N–H and O–H groups in total. The van der Waals surface area contributed by atoms with Crippen molar-refractivity contribution in [2.75, 3.05) is 25.1 Å². The number of hydrogen-bond acceptors (Lipinski definition) is 3. The summed E-state index contributed by atoms with van der Waals surface area (Å²) in [5.74, 6) is 0. The third kappa shape index (κ3) is 3.24. The molecule has 0 aliphatic carbocycles. The molecule has 1 spiro atoms. The van der Waals surface area contributed by atoms with E-state index in [9.17, 15) is 0 Å². The number of rotatable bonds is 2. The van der Waals surface area contributed by atoms with Gasteiger partial charge in [-0.05, 0) is 29.9 Å². The molecule has 0 saturated carbocycles. The van der Waals surface area contributed by atoms with Gasteiger partial charge >= 0.3 is 0 Å². The summed E-state index contributed by atoms with van der Waals surface area (Å²) in [5.41, 5.74) is 2.77. The van der Waals surface area contributed by atoms with Gasteiger partial charge in [0.15, 0.2) is 0 Å². The summed E-state index contributed by atoms with van der Waals surface area (Å²) in [6.07, 6.45) is 3.15. The summed E-state index contributed by atoms with van der Waals surface area (Å²) in [7, 11) is 0. The first-order valence-electron chi connectivity index (χ1n) is 8.06. The first kappa shape index (κ1) is 14.9. The Balaban J connectivity index is 1.75. The van der Waals surface area contributed by atoms with Gasteiger partial charge in [-0.3, -0.25) is 0 Å². The Kier molecular flexibility index (Phi) is 3.98. The maximum atomic E-state index is 6.03. The van der Waals surface area contributed by atoms with Crippen molar-refractivity contribution in [2.45, 2.75) is 57.1 Å². The van der Waals surface area contributed by atoms with E-state index in [0.29, 0.717) is 6.04 Å². The lowest BCUT2D eigenvalue weighted by atomic mass is 9.85. The van der Waals surface area contributed by atoms with E-state index in [-0.39, 0.29) is 11.0 Å². The van der Waals surface area contributed by atoms with E-state index in [1.54, 1.807) is 0 Å². The Morgan fingerprint density at radius 3 is 2.71 bits per heavy atom. The molecule has 3 rings (SSSR count). The molecular formula is C18H27NO2. The van der Waals surface area contributed by atoms with E-state index in [0.717, 1.165) is 39.1 Å². The number of benzene rings is 1. The van der Waals surface area contributed by atoms with Crippen molar-refractivity contribution in [1.82, 2.24) is 0 Å². The topological polar surface area (TPSA) is 30.5 Å². The number of para-hydroxylation sites is 1. The Bertz CT molecular complexity index is 486. The van der Waals surface area contributed by atoms with Gasteiger partial charge in [0, 0.05) is 31.4 Å². The first-order chi connectivity index (χ1) is 9.99. The molecule has 21 heavy (non-hydrogen) atoms. The van der Waals surface area contributed by atoms with Crippen LogP contribution in [0.4, 0.5) is 5.69 Å². The van der Waals surface area contributed by atoms with Gasteiger partial charge in [0.1, 0.15) is 0 Å². The molecule has 2 unspecified atom stereocenters. The summed E-state index contributed by atoms with van der Waals surface area (Å²) in [6.45, 7) is 9.23. The fraction of sp³-hybridized carbons (Fsp3) is 0.667. The van der Waals surface area contributed by atoms with Crippen molar-refractivity contribution in [2.24, 2.45) is 0 Å². The summed E-state index contributed by atoms with van der Waals surface area (Å²) in [6, 6.07) is 9.15. The lowest BCUT2D eigenvalue weighted by Gasteiger charge is -2.38. The third-order valence-electron chi connectivity index (χ3n) is 4.65. The predicted molar refractivity (Wildman–Crippen MR) is 85.9 cm³/mol. The lowest BCUT2D eigenvalue weighted by Crippen LogP contribution is -2.45. The third-order valence-corrected chi connectivity index (χ3v) is 4.65. The van der Waals surface area contributed by atoms with E-state index < -0.39 is 0 Å². The largest absolute Gasteiger partial charge is 0.382 e. The zero-order chi connectivity index (χ0) is 14.9. The highest BCUT2D eigenvalue weighted by molar-refractivity contribution is 5.54. The zero-order valence-corrected chi connectivity index (χ0v) is 13.4. The van der Waals surface area contributed by atoms with Crippen LogP contribution in [0, 0.1) is 0 Å². The van der Waals surface area contributed by atoms with E-state index in [4.69, 9.17) is 9.47 Å². The molecule has 2 aliphatic heterocycles. The molecule has 3 nitrogen and oxygen atoms in total. The fourth-order valence-electron chi connectivity index (χ4n) is 3.50. The molecular weight excluding hydrogens is 262 g/mol. The maximum Gasteiger partial charge on any atom is 0.0956 e. The van der Waals surface area contributed by atoms with Crippen molar-refractivity contribution in [3.05, 3.63) is 29.8 Å². The van der Waals surface area contributed by atoms with Gasteiger partial charge in [-0.15, -0.1) is 0 Å². The molecule has 2 atom stereocenters. The van der Waals surface area contributed by atoms with Gasteiger partial charge in [0.25, 0.3) is 0 Å². The zero-order valence-electron chi connectivity index (χ0n) is 13.4. The molecule has 2 saturated heterocycles. The normalized spacial score (nSPS) is 29.8. The summed E-state index contributed by atoms with van der Waals surface area (Å²) >= 11 is 0. The number of hydrogen-bond donors (Lipinski definition) is 1. The van der Waals surface area contributed by atoms with Crippen molar-refractivity contribution >= 4 is 5.69 Å². The van der Waals surface area contributed by atoms with E-state index in [2.05, 4.69) is 50.4 Å². The molecule has 1 aromatic rings. The molecule has 2 fully saturated rings. The average Bonchev–Trinajstić information content (AvgIpc) is 2.86. The van der Waals surface area contributed by atoms with Crippen LogP contribution in [0.25, 0.3) is 0 Å². The number of anilines is 1. The molecule has 3 heteroatoms. The van der Waals surface area contributed by atoms with Crippen LogP contribution in [-0.4, -0.2) is 31.5 Å². The van der Waals surface area contributed by atoms with Crippen molar-refractivity contribution in [3.8, 4) is 0 Å². The van der Waals surface area contributed by atoms with Gasteiger partial charge in [-0.2, -0.15) is 0 Å². The highest BCUT2D eigenvalue weighted by Crippen LogP contribution is 2.36. The summed E-state index contributed by atoms with van der Waals surface area (Å²) in [5, 5.41) is 3.77. The Morgan fingerprint density at radius 1 is 1.19 bits per heavy atom. The highest BCUT2D eigenvalue weighted by atomic mass is 16.6. The molecule has 2 aliphatic rings. The van der Waals surface area contributed by atoms with Gasteiger partial charge in [0.05, 0.1) is 12.2 Å². The molecule has 0 bridgehead atoms. The molecule has 0 radical (unpaired) electrons. The minimum Gasteiger partial charge on any atom is -0.382 e. The molecule has 2 heterocycles. The standard InChI is InChI=1S/C18H27NO2/c1-17(2,3)15-6-4-5-7-16(15)19-14-8-10-21-18(12-14)9-11-20-13-18/h4-7,14,19H,8-13H2,1-3H3. The average molecular weight is 289 g/mol. The summed E-state index contributed by atoms with van der Waals surface area (Å²) < 4.78 is 11.6. The van der Waals surface area contributed by atoms with Gasteiger partial charge < -0.3 is 14.8 Å². The van der Waals surface area contributed by atoms with Crippen molar-refractivity contribution < 1.29 is 9.47 Å². The van der Waals surface area contributed by atoms with Gasteiger partial charge in [0.2, 0.25) is 0 Å². The van der Waals surface area contributed by atoms with Crippen molar-refractivity contribution in [3.63, 3.8) is 0 Å². The molecule has 116 valence electrons. The number of nitrogens with one attached hydrogen (secondary N) is 1. The smallest absolute Gasteiger partial charge is 0.0956 e. The molecule has 1 aromatic carbocycles. The quantitative estimate of drug-likeness (QED) is 0.900. The van der Waals surface area contributed by atoms with Crippen LogP contribution in [0.5, 0.6) is 0 Å². The lowest BCUT2D eigenvalue weighted by molar-refractivity contribution is -0.0828. The Morgan fingerprint density at radius 2 is 2.00 bits per heavy atom. The second-order valence-corrected chi connectivity index (χ2v) is 7.46. The van der Waals surface area contributed by atoms with Crippen LogP contribution in [0.2, 0.25) is 0 Å². The highest BCUT2D eigenvalue weighted by Gasteiger charge is 2.41. The minimum absolute atomic E-state index is 0.0351. The second kappa shape index (κ2) is 5.62. The van der Waals surface area contributed by atoms with E-state index in [1.165, 1.54) is 11.3 Å². The fourth-order valence-corrected chi connectivity index (χ4v) is 3.50. The molecule has 0 aromatic heterocycles. The summed E-state index contributed by atoms with van der Waals surface area (Å²) in [4.78, 5) is 0. The molecule has 0 amide bonds. The van der Waals surface area contributed by atoms with E-state index >= 15 is 0 Å². The van der Waals surface area contributed by atoms with Crippen LogP contribution in [-0.2, 0) is 14.9 Å². The van der Waals surface area contributed by atoms with Crippen LogP contribution in [0.3, 0.4) is 0 Å². The minimum atomic E-state index is -0.0351. The van der Waals surface area contributed by atoms with Gasteiger partial charge in [-0.25, -0.2) is 0 Å². The van der Waals surface area contributed by atoms with Crippen LogP contribution >= 0.6 is 0 Å².